The van der Waals surface area contributed by atoms with Crippen molar-refractivity contribution in [3.63, 3.8) is 0 Å². The zero-order valence-corrected chi connectivity index (χ0v) is 14.0. The van der Waals surface area contributed by atoms with Crippen LogP contribution in [0.15, 0.2) is 58.2 Å². The summed E-state index contributed by atoms with van der Waals surface area (Å²) in [5.41, 5.74) is 5.88. The first-order chi connectivity index (χ1) is 12.5. The van der Waals surface area contributed by atoms with Gasteiger partial charge in [-0.15, -0.1) is 0 Å². The summed E-state index contributed by atoms with van der Waals surface area (Å²) in [6.07, 6.45) is 0. The van der Waals surface area contributed by atoms with Crippen LogP contribution < -0.4 is 10.9 Å². The molecular weight excluding hydrogens is 360 g/mol. The molecule has 3 aromatic rings. The summed E-state index contributed by atoms with van der Waals surface area (Å²) in [5, 5.41) is 10.9. The van der Waals surface area contributed by atoms with Crippen LogP contribution in [0.4, 0.5) is 5.69 Å². The lowest BCUT2D eigenvalue weighted by Crippen LogP contribution is -2.42. The molecule has 132 valence electrons. The summed E-state index contributed by atoms with van der Waals surface area (Å²) in [4.78, 5) is 37.9. The van der Waals surface area contributed by atoms with E-state index in [2.05, 4.69) is 15.8 Å². The van der Waals surface area contributed by atoms with Crippen molar-refractivity contribution in [2.75, 3.05) is 5.75 Å². The van der Waals surface area contributed by atoms with Gasteiger partial charge in [-0.25, -0.2) is 4.98 Å². The number of nitro groups is 1. The highest BCUT2D eigenvalue weighted by Gasteiger charge is 2.12. The van der Waals surface area contributed by atoms with Gasteiger partial charge in [0.2, 0.25) is 5.91 Å². The van der Waals surface area contributed by atoms with Gasteiger partial charge in [-0.3, -0.25) is 30.6 Å². The molecule has 0 unspecified atom stereocenters. The first-order valence-electron chi connectivity index (χ1n) is 7.35. The number of rotatable bonds is 5. The number of oxazole rings is 1. The van der Waals surface area contributed by atoms with Crippen molar-refractivity contribution < 1.29 is 18.9 Å². The van der Waals surface area contributed by atoms with Crippen LogP contribution in [-0.2, 0) is 4.79 Å². The van der Waals surface area contributed by atoms with Crippen LogP contribution in [-0.4, -0.2) is 27.5 Å². The Morgan fingerprint density at radius 2 is 1.85 bits per heavy atom. The number of thioether (sulfide) groups is 1. The maximum absolute atomic E-state index is 11.9. The second-order valence-corrected chi connectivity index (χ2v) is 5.97. The van der Waals surface area contributed by atoms with E-state index in [4.69, 9.17) is 4.42 Å². The lowest BCUT2D eigenvalue weighted by molar-refractivity contribution is -0.384. The minimum Gasteiger partial charge on any atom is -0.431 e. The first kappa shape index (κ1) is 17.4. The molecule has 0 spiro atoms. The van der Waals surface area contributed by atoms with Gasteiger partial charge < -0.3 is 4.42 Å². The largest absolute Gasteiger partial charge is 0.431 e. The van der Waals surface area contributed by atoms with Crippen LogP contribution in [0.1, 0.15) is 10.4 Å². The number of nitrogens with one attached hydrogen (secondary N) is 2. The third-order valence-corrected chi connectivity index (χ3v) is 4.08. The smallest absolute Gasteiger partial charge is 0.269 e. The number of amides is 2. The van der Waals surface area contributed by atoms with Gasteiger partial charge in [0.25, 0.3) is 16.8 Å². The SMILES string of the molecule is O=C(CSc1nc2ccccc2o1)NNC(=O)c1ccc([N+](=O)[O-])cc1. The van der Waals surface area contributed by atoms with Gasteiger partial charge in [-0.1, -0.05) is 23.9 Å². The maximum atomic E-state index is 11.9. The summed E-state index contributed by atoms with van der Waals surface area (Å²) >= 11 is 1.09. The Labute approximate surface area is 150 Å². The van der Waals surface area contributed by atoms with Gasteiger partial charge in [-0.2, -0.15) is 0 Å². The molecule has 9 nitrogen and oxygen atoms in total. The Kier molecular flexibility index (Phi) is 5.13. The number of carbonyl (C=O) groups excluding carboxylic acids is 2. The molecule has 1 heterocycles. The minimum absolute atomic E-state index is 0.00658. The molecule has 0 saturated heterocycles. The van der Waals surface area contributed by atoms with E-state index >= 15 is 0 Å². The van der Waals surface area contributed by atoms with Gasteiger partial charge in [0.05, 0.1) is 10.7 Å². The molecule has 2 amide bonds. The van der Waals surface area contributed by atoms with Gasteiger partial charge >= 0.3 is 0 Å². The number of aromatic nitrogens is 1. The molecule has 26 heavy (non-hydrogen) atoms. The Morgan fingerprint density at radius 1 is 1.12 bits per heavy atom. The number of nitro benzene ring substituents is 1. The van der Waals surface area contributed by atoms with Crippen molar-refractivity contribution in [1.82, 2.24) is 15.8 Å². The number of nitrogens with zero attached hydrogens (tertiary/aromatic N) is 2. The average Bonchev–Trinajstić information content (AvgIpc) is 3.07. The lowest BCUT2D eigenvalue weighted by Gasteiger charge is -2.06. The van der Waals surface area contributed by atoms with Crippen molar-refractivity contribution in [1.29, 1.82) is 0 Å². The molecule has 0 radical (unpaired) electrons. The fourth-order valence-electron chi connectivity index (χ4n) is 2.01. The second kappa shape index (κ2) is 7.66. The molecule has 2 aromatic carbocycles. The van der Waals surface area contributed by atoms with Gasteiger partial charge in [0.1, 0.15) is 5.52 Å². The molecule has 0 aliphatic carbocycles. The van der Waals surface area contributed by atoms with E-state index in [1.54, 1.807) is 12.1 Å². The zero-order chi connectivity index (χ0) is 18.5. The lowest BCUT2D eigenvalue weighted by atomic mass is 10.2. The zero-order valence-electron chi connectivity index (χ0n) is 13.2. The van der Waals surface area contributed by atoms with Crippen LogP contribution in [0, 0.1) is 10.1 Å². The summed E-state index contributed by atoms with van der Waals surface area (Å²) in [7, 11) is 0. The number of fused-ring (bicyclic) bond motifs is 1. The minimum atomic E-state index is -0.583. The molecule has 0 fully saturated rings. The van der Waals surface area contributed by atoms with E-state index in [1.807, 2.05) is 12.1 Å². The van der Waals surface area contributed by atoms with Gasteiger partial charge in [0.15, 0.2) is 5.58 Å². The van der Waals surface area contributed by atoms with Crippen molar-refractivity contribution in [3.8, 4) is 0 Å². The molecule has 0 atom stereocenters. The second-order valence-electron chi connectivity index (χ2n) is 5.04. The van der Waals surface area contributed by atoms with Crippen LogP contribution in [0.25, 0.3) is 11.1 Å². The molecule has 0 aliphatic heterocycles. The predicted molar refractivity (Wildman–Crippen MR) is 93.4 cm³/mol. The highest BCUT2D eigenvalue weighted by Crippen LogP contribution is 2.22. The van der Waals surface area contributed by atoms with Gasteiger partial charge in [0, 0.05) is 17.7 Å². The fraction of sp³-hybridized carbons (Fsp3) is 0.0625. The molecule has 0 aliphatic rings. The molecule has 10 heteroatoms. The normalized spacial score (nSPS) is 10.5. The third kappa shape index (κ3) is 4.16. The van der Waals surface area contributed by atoms with Crippen molar-refractivity contribution in [2.45, 2.75) is 5.22 Å². The van der Waals surface area contributed by atoms with Crippen LogP contribution in [0.2, 0.25) is 0 Å². The van der Waals surface area contributed by atoms with E-state index in [0.29, 0.717) is 16.3 Å². The summed E-state index contributed by atoms with van der Waals surface area (Å²) in [6.45, 7) is 0. The first-order valence-corrected chi connectivity index (χ1v) is 8.33. The highest BCUT2D eigenvalue weighted by molar-refractivity contribution is 7.99. The Morgan fingerprint density at radius 3 is 2.54 bits per heavy atom. The highest BCUT2D eigenvalue weighted by atomic mass is 32.2. The Hall–Kier alpha value is -3.40. The van der Waals surface area contributed by atoms with Crippen LogP contribution >= 0.6 is 11.8 Å². The molecule has 0 bridgehead atoms. The molecule has 3 rings (SSSR count). The predicted octanol–water partition coefficient (Wildman–Crippen LogP) is 2.29. The van der Waals surface area contributed by atoms with E-state index in [1.165, 1.54) is 24.3 Å². The standard InChI is InChI=1S/C16H12N4O5S/c21-14(9-26-16-17-12-3-1-2-4-13(12)25-16)18-19-15(22)10-5-7-11(8-6-10)20(23)24/h1-8H,9H2,(H,18,21)(H,19,22). The molecule has 1 aromatic heterocycles. The van der Waals surface area contributed by atoms with Crippen molar-refractivity contribution in [3.05, 3.63) is 64.2 Å². The Bertz CT molecular complexity index is 937. The number of para-hydroxylation sites is 2. The van der Waals surface area contributed by atoms with E-state index < -0.39 is 16.7 Å². The Balaban J connectivity index is 1.48. The number of hydrazine groups is 1. The maximum Gasteiger partial charge on any atom is 0.269 e. The quantitative estimate of drug-likeness (QED) is 0.399. The molecule has 2 N–H and O–H groups in total. The molecular formula is C16H12N4O5S. The molecule has 0 saturated carbocycles. The van der Waals surface area contributed by atoms with Crippen LogP contribution in [0.5, 0.6) is 0 Å². The monoisotopic (exact) mass is 372 g/mol. The van der Waals surface area contributed by atoms with E-state index in [0.717, 1.165) is 11.8 Å². The summed E-state index contributed by atoms with van der Waals surface area (Å²) in [5.74, 6) is -1.04. The number of non-ortho nitro benzene ring substituents is 1. The van der Waals surface area contributed by atoms with Crippen molar-refractivity contribution >= 4 is 40.4 Å². The number of hydrogen-bond acceptors (Lipinski definition) is 7. The summed E-state index contributed by atoms with van der Waals surface area (Å²) < 4.78 is 5.47. The van der Waals surface area contributed by atoms with E-state index in [-0.39, 0.29) is 17.0 Å². The van der Waals surface area contributed by atoms with Crippen molar-refractivity contribution in [2.24, 2.45) is 0 Å². The van der Waals surface area contributed by atoms with Crippen LogP contribution in [0.3, 0.4) is 0 Å². The van der Waals surface area contributed by atoms with E-state index in [9.17, 15) is 19.7 Å². The number of hydrogen-bond donors (Lipinski definition) is 2. The fourth-order valence-corrected chi connectivity index (χ4v) is 2.65. The number of carbonyl (C=O) groups is 2. The number of benzene rings is 2. The third-order valence-electron chi connectivity index (χ3n) is 3.26. The van der Waals surface area contributed by atoms with Gasteiger partial charge in [-0.05, 0) is 24.3 Å². The topological polar surface area (TPSA) is 127 Å². The summed E-state index contributed by atoms with van der Waals surface area (Å²) in [6, 6.07) is 12.2. The average molecular weight is 372 g/mol.